The predicted octanol–water partition coefficient (Wildman–Crippen LogP) is 1.89. The number of carbonyl (C=O) groups excluding carboxylic acids is 1. The molecule has 0 aliphatic rings. The number of aliphatic carboxylic acids is 1. The van der Waals surface area contributed by atoms with Crippen LogP contribution in [0.2, 0.25) is 0 Å². The van der Waals surface area contributed by atoms with Crippen molar-refractivity contribution in [2.75, 3.05) is 0 Å². The van der Waals surface area contributed by atoms with Crippen LogP contribution in [0.15, 0.2) is 24.3 Å². The van der Waals surface area contributed by atoms with Crippen LogP contribution in [-0.2, 0) is 4.79 Å². The van der Waals surface area contributed by atoms with E-state index in [0.29, 0.717) is 6.29 Å². The maximum absolute atomic E-state index is 12.2. The summed E-state index contributed by atoms with van der Waals surface area (Å²) in [5.41, 5.74) is 0.247. The zero-order valence-electron chi connectivity index (χ0n) is 8.27. The molecule has 4 nitrogen and oxygen atoms in total. The largest absolute Gasteiger partial charge is 0.478 e. The van der Waals surface area contributed by atoms with Gasteiger partial charge in [-0.3, -0.25) is 4.79 Å². The van der Waals surface area contributed by atoms with Crippen molar-refractivity contribution in [1.82, 2.24) is 0 Å². The van der Waals surface area contributed by atoms with Gasteiger partial charge in [0.15, 0.2) is 0 Å². The minimum Gasteiger partial charge on any atom is -0.478 e. The molecule has 0 spiro atoms. The van der Waals surface area contributed by atoms with Crippen LogP contribution in [0, 0.1) is 0 Å². The van der Waals surface area contributed by atoms with Crippen LogP contribution in [0.5, 0.6) is 5.75 Å². The number of ether oxygens (including phenoxy) is 1. The second kappa shape index (κ2) is 4.86. The Balaban J connectivity index is 2.86. The lowest BCUT2D eigenvalue weighted by atomic mass is 10.2. The SMILES string of the molecule is O=Cc1ccc(OC(C(=O)O)C(F)(F)F)cc1. The van der Waals surface area contributed by atoms with Gasteiger partial charge in [-0.15, -0.1) is 0 Å². The molecule has 1 aromatic carbocycles. The highest BCUT2D eigenvalue weighted by atomic mass is 19.4. The molecule has 0 amide bonds. The summed E-state index contributed by atoms with van der Waals surface area (Å²) in [7, 11) is 0. The van der Waals surface area contributed by atoms with Crippen LogP contribution in [0.4, 0.5) is 13.2 Å². The number of carbonyl (C=O) groups is 2. The Labute approximate surface area is 93.6 Å². The summed E-state index contributed by atoms with van der Waals surface area (Å²) in [6, 6.07) is 4.62. The van der Waals surface area contributed by atoms with Crippen LogP contribution in [-0.4, -0.2) is 29.6 Å². The van der Waals surface area contributed by atoms with E-state index in [1.54, 1.807) is 0 Å². The topological polar surface area (TPSA) is 63.6 Å². The summed E-state index contributed by atoms with van der Waals surface area (Å²) in [4.78, 5) is 20.7. The molecular formula is C10H7F3O4. The van der Waals surface area contributed by atoms with Crippen LogP contribution in [0.3, 0.4) is 0 Å². The molecule has 0 aliphatic carbocycles. The molecule has 92 valence electrons. The molecule has 0 saturated heterocycles. The van der Waals surface area contributed by atoms with E-state index in [9.17, 15) is 22.8 Å². The van der Waals surface area contributed by atoms with Crippen molar-refractivity contribution in [2.24, 2.45) is 0 Å². The van der Waals surface area contributed by atoms with Gasteiger partial charge >= 0.3 is 12.1 Å². The molecular weight excluding hydrogens is 241 g/mol. The molecule has 0 fully saturated rings. The monoisotopic (exact) mass is 248 g/mol. The normalized spacial score (nSPS) is 12.9. The first-order valence-electron chi connectivity index (χ1n) is 4.36. The highest BCUT2D eigenvalue weighted by molar-refractivity contribution is 5.75. The van der Waals surface area contributed by atoms with Crippen molar-refractivity contribution in [2.45, 2.75) is 12.3 Å². The van der Waals surface area contributed by atoms with Crippen LogP contribution >= 0.6 is 0 Å². The Bertz CT molecular complexity index is 411. The fourth-order valence-electron chi connectivity index (χ4n) is 1.02. The van der Waals surface area contributed by atoms with Crippen molar-refractivity contribution >= 4 is 12.3 Å². The van der Waals surface area contributed by atoms with Crippen molar-refractivity contribution in [3.63, 3.8) is 0 Å². The standard InChI is InChI=1S/C10H7F3O4/c11-10(12,13)8(9(15)16)17-7-3-1-6(5-14)2-4-7/h1-5,8H,(H,15,16). The third-order valence-corrected chi connectivity index (χ3v) is 1.79. The zero-order chi connectivity index (χ0) is 13.1. The number of alkyl halides is 3. The number of hydrogen-bond donors (Lipinski definition) is 1. The van der Waals surface area contributed by atoms with Crippen LogP contribution in [0.25, 0.3) is 0 Å². The third kappa shape index (κ3) is 3.47. The van der Waals surface area contributed by atoms with Gasteiger partial charge in [0.2, 0.25) is 0 Å². The Morgan fingerprint density at radius 3 is 2.18 bits per heavy atom. The number of carboxylic acids is 1. The lowest BCUT2D eigenvalue weighted by Crippen LogP contribution is -2.41. The highest BCUT2D eigenvalue weighted by Crippen LogP contribution is 2.25. The average molecular weight is 248 g/mol. The third-order valence-electron chi connectivity index (χ3n) is 1.79. The Kier molecular flexibility index (Phi) is 3.72. The quantitative estimate of drug-likeness (QED) is 0.826. The summed E-state index contributed by atoms with van der Waals surface area (Å²) in [5, 5.41) is 8.37. The van der Waals surface area contributed by atoms with Gasteiger partial charge in [-0.05, 0) is 24.3 Å². The first-order chi connectivity index (χ1) is 7.84. The average Bonchev–Trinajstić information content (AvgIpc) is 2.24. The van der Waals surface area contributed by atoms with Crippen molar-refractivity contribution < 1.29 is 32.6 Å². The molecule has 0 heterocycles. The van der Waals surface area contributed by atoms with Gasteiger partial charge in [0.1, 0.15) is 12.0 Å². The predicted molar refractivity (Wildman–Crippen MR) is 49.9 cm³/mol. The zero-order valence-corrected chi connectivity index (χ0v) is 8.27. The number of benzene rings is 1. The van der Waals surface area contributed by atoms with Gasteiger partial charge in [-0.2, -0.15) is 13.2 Å². The highest BCUT2D eigenvalue weighted by Gasteiger charge is 2.47. The molecule has 1 rings (SSSR count). The fourth-order valence-corrected chi connectivity index (χ4v) is 1.02. The molecule has 7 heteroatoms. The Morgan fingerprint density at radius 2 is 1.82 bits per heavy atom. The van der Waals surface area contributed by atoms with E-state index in [1.807, 2.05) is 0 Å². The molecule has 0 aliphatic heterocycles. The van der Waals surface area contributed by atoms with E-state index in [0.717, 1.165) is 12.1 Å². The Morgan fingerprint density at radius 1 is 1.29 bits per heavy atom. The minimum atomic E-state index is -5.00. The maximum atomic E-state index is 12.2. The van der Waals surface area contributed by atoms with Gasteiger partial charge in [0.25, 0.3) is 6.10 Å². The molecule has 1 aromatic rings. The van der Waals surface area contributed by atoms with E-state index in [2.05, 4.69) is 4.74 Å². The van der Waals surface area contributed by atoms with E-state index in [4.69, 9.17) is 5.11 Å². The molecule has 1 atom stereocenters. The van der Waals surface area contributed by atoms with Gasteiger partial charge < -0.3 is 9.84 Å². The first kappa shape index (κ1) is 13.0. The van der Waals surface area contributed by atoms with Crippen LogP contribution in [0.1, 0.15) is 10.4 Å². The van der Waals surface area contributed by atoms with E-state index < -0.39 is 18.2 Å². The number of aldehydes is 1. The maximum Gasteiger partial charge on any atom is 0.436 e. The fraction of sp³-hybridized carbons (Fsp3) is 0.200. The van der Waals surface area contributed by atoms with E-state index in [1.165, 1.54) is 12.1 Å². The molecule has 0 aromatic heterocycles. The summed E-state index contributed by atoms with van der Waals surface area (Å²) in [5.74, 6) is -2.41. The van der Waals surface area contributed by atoms with Crippen molar-refractivity contribution in [3.8, 4) is 5.75 Å². The smallest absolute Gasteiger partial charge is 0.436 e. The second-order valence-electron chi connectivity index (χ2n) is 3.06. The molecule has 1 unspecified atom stereocenters. The number of halogens is 3. The van der Waals surface area contributed by atoms with Crippen molar-refractivity contribution in [1.29, 1.82) is 0 Å². The molecule has 17 heavy (non-hydrogen) atoms. The molecule has 0 radical (unpaired) electrons. The van der Waals surface area contributed by atoms with Gasteiger partial charge in [-0.25, -0.2) is 4.79 Å². The summed E-state index contributed by atoms with van der Waals surface area (Å²) < 4.78 is 41.0. The lowest BCUT2D eigenvalue weighted by Gasteiger charge is -2.17. The summed E-state index contributed by atoms with van der Waals surface area (Å²) >= 11 is 0. The second-order valence-corrected chi connectivity index (χ2v) is 3.06. The van der Waals surface area contributed by atoms with Gasteiger partial charge in [0, 0.05) is 5.56 Å². The number of rotatable bonds is 4. The lowest BCUT2D eigenvalue weighted by molar-refractivity contribution is -0.207. The Hall–Kier alpha value is -2.05. The van der Waals surface area contributed by atoms with Crippen LogP contribution < -0.4 is 4.74 Å². The van der Waals surface area contributed by atoms with Gasteiger partial charge in [0.05, 0.1) is 0 Å². The summed E-state index contributed by atoms with van der Waals surface area (Å²) in [6.45, 7) is 0. The van der Waals surface area contributed by atoms with E-state index in [-0.39, 0.29) is 11.3 Å². The summed E-state index contributed by atoms with van der Waals surface area (Å²) in [6.07, 6.45) is -7.43. The number of carboxylic acid groups (broad SMARTS) is 1. The minimum absolute atomic E-state index is 0.247. The number of hydrogen-bond acceptors (Lipinski definition) is 3. The first-order valence-corrected chi connectivity index (χ1v) is 4.36. The van der Waals surface area contributed by atoms with E-state index >= 15 is 0 Å². The molecule has 0 bridgehead atoms. The van der Waals surface area contributed by atoms with Crippen molar-refractivity contribution in [3.05, 3.63) is 29.8 Å². The molecule has 1 N–H and O–H groups in total. The van der Waals surface area contributed by atoms with Gasteiger partial charge in [-0.1, -0.05) is 0 Å². The molecule has 0 saturated carbocycles.